The lowest BCUT2D eigenvalue weighted by Crippen LogP contribution is -2.45. The van der Waals surface area contributed by atoms with E-state index in [0.717, 1.165) is 43.4 Å². The van der Waals surface area contributed by atoms with E-state index in [9.17, 15) is 4.79 Å². The molecule has 2 aromatic rings. The van der Waals surface area contributed by atoms with Crippen molar-refractivity contribution < 1.29 is 4.79 Å². The maximum absolute atomic E-state index is 12.3. The molecule has 1 saturated heterocycles. The Balaban J connectivity index is 1.46. The number of carbonyl (C=O) groups is 1. The minimum atomic E-state index is 0.0321. The van der Waals surface area contributed by atoms with Gasteiger partial charge in [0, 0.05) is 13.1 Å². The monoisotopic (exact) mass is 315 g/mol. The number of aromatic nitrogens is 3. The van der Waals surface area contributed by atoms with Crippen molar-refractivity contribution in [2.45, 2.75) is 44.7 Å². The molecule has 0 saturated carbocycles. The third kappa shape index (κ3) is 3.88. The van der Waals surface area contributed by atoms with E-state index in [0.29, 0.717) is 6.54 Å². The number of amides is 1. The Morgan fingerprint density at radius 2 is 2.17 bits per heavy atom. The first-order valence-corrected chi connectivity index (χ1v) is 8.52. The largest absolute Gasteiger partial charge is 0.355 e. The van der Waals surface area contributed by atoms with E-state index in [4.69, 9.17) is 0 Å². The second kappa shape index (κ2) is 7.55. The second-order valence-electron chi connectivity index (χ2n) is 6.29. The van der Waals surface area contributed by atoms with Gasteiger partial charge < -0.3 is 5.32 Å². The lowest BCUT2D eigenvalue weighted by molar-refractivity contribution is -0.126. The van der Waals surface area contributed by atoms with Crippen molar-refractivity contribution in [3.63, 3.8) is 0 Å². The number of para-hydroxylation sites is 1. The molecule has 3 rings (SSSR count). The van der Waals surface area contributed by atoms with Gasteiger partial charge in [-0.2, -0.15) is 0 Å². The van der Waals surface area contributed by atoms with Gasteiger partial charge in [-0.15, -0.1) is 5.10 Å². The zero-order valence-electron chi connectivity index (χ0n) is 13.7. The Kier molecular flexibility index (Phi) is 5.23. The first-order chi connectivity index (χ1) is 11.3. The fraction of sp³-hybridized carbons (Fsp3) is 0.588. The van der Waals surface area contributed by atoms with Crippen molar-refractivity contribution in [2.75, 3.05) is 20.1 Å². The Bertz CT molecular complexity index is 653. The number of aryl methyl sites for hydroxylation is 1. The molecule has 1 aliphatic heterocycles. The molecule has 0 unspecified atom stereocenters. The highest BCUT2D eigenvalue weighted by molar-refractivity contribution is 5.81. The Morgan fingerprint density at radius 3 is 3.09 bits per heavy atom. The molecule has 0 radical (unpaired) electrons. The number of likely N-dealkylation sites (N-methyl/N-ethyl adjacent to an activating group) is 1. The average molecular weight is 315 g/mol. The van der Waals surface area contributed by atoms with Gasteiger partial charge >= 0.3 is 0 Å². The van der Waals surface area contributed by atoms with Crippen LogP contribution in [0.2, 0.25) is 0 Å². The number of hydrogen-bond acceptors (Lipinski definition) is 4. The molecule has 1 atom stereocenters. The minimum Gasteiger partial charge on any atom is -0.355 e. The van der Waals surface area contributed by atoms with Crippen LogP contribution in [-0.4, -0.2) is 52.0 Å². The molecule has 124 valence electrons. The predicted molar refractivity (Wildman–Crippen MR) is 90.0 cm³/mol. The maximum atomic E-state index is 12.3. The molecule has 1 fully saturated rings. The summed E-state index contributed by atoms with van der Waals surface area (Å²) in [6.07, 6.45) is 5.39. The van der Waals surface area contributed by atoms with Crippen LogP contribution in [0.5, 0.6) is 0 Å². The van der Waals surface area contributed by atoms with Crippen LogP contribution in [0.1, 0.15) is 32.1 Å². The predicted octanol–water partition coefficient (Wildman–Crippen LogP) is 1.81. The number of hydrogen-bond donors (Lipinski definition) is 1. The quantitative estimate of drug-likeness (QED) is 0.855. The molecule has 23 heavy (non-hydrogen) atoms. The molecule has 0 bridgehead atoms. The molecule has 1 N–H and O–H groups in total. The summed E-state index contributed by atoms with van der Waals surface area (Å²) in [5, 5.41) is 11.4. The van der Waals surface area contributed by atoms with Gasteiger partial charge in [0.25, 0.3) is 0 Å². The van der Waals surface area contributed by atoms with E-state index < -0.39 is 0 Å². The molecule has 1 aromatic carbocycles. The van der Waals surface area contributed by atoms with Crippen molar-refractivity contribution in [3.05, 3.63) is 24.3 Å². The summed E-state index contributed by atoms with van der Waals surface area (Å²) in [6.45, 7) is 2.46. The summed E-state index contributed by atoms with van der Waals surface area (Å²) in [6, 6.07) is 7.97. The molecule has 0 spiro atoms. The SMILES string of the molecule is CN1CCCCC[C@@H]1C(=O)NCCCn1nnc2ccccc21. The summed E-state index contributed by atoms with van der Waals surface area (Å²) >= 11 is 0. The minimum absolute atomic E-state index is 0.0321. The number of nitrogens with zero attached hydrogens (tertiary/aromatic N) is 4. The van der Waals surface area contributed by atoms with Crippen LogP contribution in [0.25, 0.3) is 11.0 Å². The van der Waals surface area contributed by atoms with Crippen LogP contribution >= 0.6 is 0 Å². The Morgan fingerprint density at radius 1 is 1.30 bits per heavy atom. The number of benzene rings is 1. The van der Waals surface area contributed by atoms with E-state index in [-0.39, 0.29) is 11.9 Å². The average Bonchev–Trinajstić information content (AvgIpc) is 2.85. The molecular weight excluding hydrogens is 290 g/mol. The topological polar surface area (TPSA) is 63.1 Å². The van der Waals surface area contributed by atoms with Crippen molar-refractivity contribution in [3.8, 4) is 0 Å². The molecule has 6 nitrogen and oxygen atoms in total. The Hall–Kier alpha value is -1.95. The zero-order valence-corrected chi connectivity index (χ0v) is 13.7. The summed E-state index contributed by atoms with van der Waals surface area (Å²) in [4.78, 5) is 14.5. The summed E-state index contributed by atoms with van der Waals surface area (Å²) < 4.78 is 1.90. The van der Waals surface area contributed by atoms with Crippen molar-refractivity contribution >= 4 is 16.9 Å². The van der Waals surface area contributed by atoms with Crippen molar-refractivity contribution in [2.24, 2.45) is 0 Å². The first-order valence-electron chi connectivity index (χ1n) is 8.52. The highest BCUT2D eigenvalue weighted by atomic mass is 16.2. The molecule has 0 aliphatic carbocycles. The highest BCUT2D eigenvalue weighted by Crippen LogP contribution is 2.15. The van der Waals surface area contributed by atoms with E-state index >= 15 is 0 Å². The normalized spacial score (nSPS) is 19.6. The standard InChI is InChI=1S/C17H25N5O/c1-21-12-6-2-3-10-16(21)17(23)18-11-7-13-22-15-9-5-4-8-14(15)19-20-22/h4-5,8-9,16H,2-3,6-7,10-13H2,1H3,(H,18,23)/t16-/m1/s1. The van der Waals surface area contributed by atoms with Gasteiger partial charge in [-0.05, 0) is 45.0 Å². The maximum Gasteiger partial charge on any atom is 0.237 e. The van der Waals surface area contributed by atoms with Crippen LogP contribution in [0.3, 0.4) is 0 Å². The smallest absolute Gasteiger partial charge is 0.237 e. The van der Waals surface area contributed by atoms with Crippen molar-refractivity contribution in [1.82, 2.24) is 25.2 Å². The van der Waals surface area contributed by atoms with Crippen LogP contribution in [0.15, 0.2) is 24.3 Å². The third-order valence-electron chi connectivity index (χ3n) is 4.59. The summed E-state index contributed by atoms with van der Waals surface area (Å²) in [5.41, 5.74) is 1.96. The lowest BCUT2D eigenvalue weighted by Gasteiger charge is -2.24. The van der Waals surface area contributed by atoms with Crippen LogP contribution < -0.4 is 5.32 Å². The van der Waals surface area contributed by atoms with Gasteiger partial charge in [0.15, 0.2) is 0 Å². The van der Waals surface area contributed by atoms with Gasteiger partial charge in [-0.3, -0.25) is 9.69 Å². The van der Waals surface area contributed by atoms with Crippen molar-refractivity contribution in [1.29, 1.82) is 0 Å². The number of likely N-dealkylation sites (tertiary alicyclic amines) is 1. The fourth-order valence-corrected chi connectivity index (χ4v) is 3.22. The van der Waals surface area contributed by atoms with Gasteiger partial charge in [-0.1, -0.05) is 30.2 Å². The summed E-state index contributed by atoms with van der Waals surface area (Å²) in [7, 11) is 2.05. The van der Waals surface area contributed by atoms with Crippen LogP contribution in [-0.2, 0) is 11.3 Å². The highest BCUT2D eigenvalue weighted by Gasteiger charge is 2.24. The molecule has 1 amide bonds. The Labute approximate surface area is 136 Å². The van der Waals surface area contributed by atoms with Gasteiger partial charge in [0.2, 0.25) is 5.91 Å². The van der Waals surface area contributed by atoms with Gasteiger partial charge in [-0.25, -0.2) is 4.68 Å². The van der Waals surface area contributed by atoms with Crippen LogP contribution in [0, 0.1) is 0 Å². The van der Waals surface area contributed by atoms with Gasteiger partial charge in [0.05, 0.1) is 11.6 Å². The number of fused-ring (bicyclic) bond motifs is 1. The van der Waals surface area contributed by atoms with Crippen LogP contribution in [0.4, 0.5) is 0 Å². The molecule has 2 heterocycles. The zero-order chi connectivity index (χ0) is 16.1. The van der Waals surface area contributed by atoms with E-state index in [2.05, 4.69) is 27.6 Å². The lowest BCUT2D eigenvalue weighted by atomic mass is 10.1. The number of carbonyl (C=O) groups excluding carboxylic acids is 1. The fourth-order valence-electron chi connectivity index (χ4n) is 3.22. The molecular formula is C17H25N5O. The van der Waals surface area contributed by atoms with Gasteiger partial charge in [0.1, 0.15) is 5.52 Å². The third-order valence-corrected chi connectivity index (χ3v) is 4.59. The number of rotatable bonds is 5. The van der Waals surface area contributed by atoms with E-state index in [1.165, 1.54) is 12.8 Å². The van der Waals surface area contributed by atoms with E-state index in [1.807, 2.05) is 28.9 Å². The molecule has 1 aliphatic rings. The second-order valence-corrected chi connectivity index (χ2v) is 6.29. The first kappa shape index (κ1) is 15.9. The molecule has 1 aromatic heterocycles. The molecule has 6 heteroatoms. The summed E-state index contributed by atoms with van der Waals surface area (Å²) in [5.74, 6) is 0.165. The number of nitrogens with one attached hydrogen (secondary N) is 1. The van der Waals surface area contributed by atoms with E-state index in [1.54, 1.807) is 0 Å².